The first-order chi connectivity index (χ1) is 6.94. The van der Waals surface area contributed by atoms with Crippen molar-refractivity contribution in [3.63, 3.8) is 0 Å². The van der Waals surface area contributed by atoms with E-state index in [1.165, 1.54) is 0 Å². The molecule has 2 aromatic rings. The first kappa shape index (κ1) is 10.5. The Labute approximate surface area is 94.5 Å². The number of anilines is 1. The number of hydrogen-bond acceptors (Lipinski definition) is 3. The Hall–Kier alpha value is -1.00. The summed E-state index contributed by atoms with van der Waals surface area (Å²) in [4.78, 5) is 7.64. The Morgan fingerprint density at radius 1 is 1.33 bits per heavy atom. The molecule has 3 nitrogen and oxygen atoms in total. The lowest BCUT2D eigenvalue weighted by atomic mass is 10.3. The summed E-state index contributed by atoms with van der Waals surface area (Å²) >= 11 is 5.87. The molecule has 5 heteroatoms. The summed E-state index contributed by atoms with van der Waals surface area (Å²) in [5, 5.41) is 0.676. The molecule has 2 rings (SSSR count). The molecule has 0 saturated carbocycles. The molecule has 0 spiro atoms. The Kier molecular flexibility index (Phi) is 2.48. The molecule has 15 heavy (non-hydrogen) atoms. The number of rotatable bonds is 2. The van der Waals surface area contributed by atoms with Crippen LogP contribution >= 0.6 is 11.6 Å². The van der Waals surface area contributed by atoms with Crippen LogP contribution in [-0.4, -0.2) is 13.2 Å². The lowest BCUT2D eigenvalue weighted by Gasteiger charge is -2.15. The van der Waals surface area contributed by atoms with E-state index in [9.17, 15) is 0 Å². The van der Waals surface area contributed by atoms with Gasteiger partial charge in [-0.05, 0) is 18.2 Å². The smallest absolute Gasteiger partial charge is 0.287 e. The van der Waals surface area contributed by atoms with Crippen molar-refractivity contribution in [3.05, 3.63) is 23.2 Å². The van der Waals surface area contributed by atoms with Crippen molar-refractivity contribution in [2.45, 2.75) is 19.6 Å². The van der Waals surface area contributed by atoms with E-state index in [0.29, 0.717) is 11.0 Å². The molecule has 0 aliphatic rings. The quantitative estimate of drug-likeness (QED) is 0.813. The van der Waals surface area contributed by atoms with Gasteiger partial charge in [0.05, 0.1) is 0 Å². The van der Waals surface area contributed by atoms with Crippen LogP contribution in [-0.2, 0) is 0 Å². The Balaban J connectivity index is 2.39. The minimum Gasteiger partial charge on any atom is -0.424 e. The molecule has 0 amide bonds. The molecule has 1 heterocycles. The third-order valence-electron chi connectivity index (χ3n) is 1.83. The van der Waals surface area contributed by atoms with E-state index >= 15 is 0 Å². The van der Waals surface area contributed by atoms with E-state index < -0.39 is 8.24 Å². The number of nitrogens with zero attached hydrogens (tertiary/aromatic N) is 1. The highest BCUT2D eigenvalue weighted by molar-refractivity contribution is 6.79. The maximum absolute atomic E-state index is 5.87. The minimum atomic E-state index is -1.41. The molecule has 1 aromatic heterocycles. The Morgan fingerprint density at radius 2 is 2.07 bits per heavy atom. The van der Waals surface area contributed by atoms with Crippen LogP contribution in [0, 0.1) is 0 Å². The van der Waals surface area contributed by atoms with Crippen molar-refractivity contribution < 1.29 is 4.42 Å². The summed E-state index contributed by atoms with van der Waals surface area (Å²) in [5.74, 6) is 0. The van der Waals surface area contributed by atoms with Gasteiger partial charge in [0.1, 0.15) is 13.8 Å². The van der Waals surface area contributed by atoms with Gasteiger partial charge in [-0.1, -0.05) is 31.2 Å². The predicted molar refractivity (Wildman–Crippen MR) is 66.0 cm³/mol. The summed E-state index contributed by atoms with van der Waals surface area (Å²) in [5.41, 5.74) is 1.56. The maximum Gasteiger partial charge on any atom is 0.287 e. The van der Waals surface area contributed by atoms with Crippen molar-refractivity contribution in [2.75, 3.05) is 4.98 Å². The van der Waals surface area contributed by atoms with Gasteiger partial charge in [-0.3, -0.25) is 0 Å². The van der Waals surface area contributed by atoms with Gasteiger partial charge in [-0.15, -0.1) is 0 Å². The second-order valence-corrected chi connectivity index (χ2v) is 9.69. The summed E-state index contributed by atoms with van der Waals surface area (Å²) < 4.78 is 5.55. The van der Waals surface area contributed by atoms with Gasteiger partial charge < -0.3 is 9.40 Å². The van der Waals surface area contributed by atoms with Crippen molar-refractivity contribution >= 4 is 37.0 Å². The number of hydrogen-bond donors (Lipinski definition) is 1. The number of aromatic nitrogens is 1. The zero-order chi connectivity index (χ0) is 11.1. The third kappa shape index (κ3) is 2.52. The molecule has 0 atom stereocenters. The van der Waals surface area contributed by atoms with Crippen molar-refractivity contribution in [3.8, 4) is 0 Å². The van der Waals surface area contributed by atoms with Crippen molar-refractivity contribution in [2.24, 2.45) is 0 Å². The number of halogens is 1. The summed E-state index contributed by atoms with van der Waals surface area (Å²) in [6.07, 6.45) is 0. The zero-order valence-electron chi connectivity index (χ0n) is 8.97. The van der Waals surface area contributed by atoms with Gasteiger partial charge in [-0.25, -0.2) is 0 Å². The van der Waals surface area contributed by atoms with Crippen LogP contribution in [0.3, 0.4) is 0 Å². The van der Waals surface area contributed by atoms with Gasteiger partial charge in [0.2, 0.25) is 0 Å². The summed E-state index contributed by atoms with van der Waals surface area (Å²) in [6, 6.07) is 6.02. The fourth-order valence-corrected chi connectivity index (χ4v) is 2.19. The Morgan fingerprint density at radius 3 is 2.73 bits per heavy atom. The Bertz CT molecular complexity index is 490. The third-order valence-corrected chi connectivity index (χ3v) is 3.03. The van der Waals surface area contributed by atoms with Gasteiger partial charge >= 0.3 is 0 Å². The molecule has 1 aromatic carbocycles. The normalized spacial score (nSPS) is 12.0. The van der Waals surface area contributed by atoms with Gasteiger partial charge in [-0.2, -0.15) is 4.98 Å². The highest BCUT2D eigenvalue weighted by Gasteiger charge is 2.16. The first-order valence-electron chi connectivity index (χ1n) is 4.78. The SMILES string of the molecule is C[Si](C)(C)Nc1nc2cc(Cl)ccc2o1. The fourth-order valence-electron chi connectivity index (χ4n) is 1.27. The molecule has 0 saturated heterocycles. The summed E-state index contributed by atoms with van der Waals surface area (Å²) in [6.45, 7) is 6.57. The largest absolute Gasteiger partial charge is 0.424 e. The van der Waals surface area contributed by atoms with Crippen LogP contribution in [0.2, 0.25) is 24.7 Å². The molecule has 0 aliphatic carbocycles. The number of nitrogens with one attached hydrogen (secondary N) is 1. The molecule has 0 bridgehead atoms. The first-order valence-corrected chi connectivity index (χ1v) is 8.66. The molecular formula is C10H13ClN2OSi. The van der Waals surface area contributed by atoms with Gasteiger partial charge in [0, 0.05) is 5.02 Å². The van der Waals surface area contributed by atoms with E-state index in [-0.39, 0.29) is 0 Å². The van der Waals surface area contributed by atoms with Crippen molar-refractivity contribution in [1.29, 1.82) is 0 Å². The monoisotopic (exact) mass is 240 g/mol. The van der Waals surface area contributed by atoms with Crippen LogP contribution < -0.4 is 4.98 Å². The van der Waals surface area contributed by atoms with Crippen molar-refractivity contribution in [1.82, 2.24) is 4.98 Å². The van der Waals surface area contributed by atoms with Gasteiger partial charge in [0.25, 0.3) is 6.01 Å². The van der Waals surface area contributed by atoms with Crippen LogP contribution in [0.15, 0.2) is 22.6 Å². The number of fused-ring (bicyclic) bond motifs is 1. The molecule has 0 aliphatic heterocycles. The summed E-state index contributed by atoms with van der Waals surface area (Å²) in [7, 11) is -1.41. The molecule has 0 radical (unpaired) electrons. The second kappa shape index (κ2) is 3.54. The standard InChI is InChI=1S/C10H13ClN2OSi/c1-15(2,3)13-10-12-8-6-7(11)4-5-9(8)14-10/h4-6H,1-3H3,(H,12,13). The highest BCUT2D eigenvalue weighted by atomic mass is 35.5. The molecule has 1 N–H and O–H groups in total. The maximum atomic E-state index is 5.87. The van der Waals surface area contributed by atoms with Gasteiger partial charge in [0.15, 0.2) is 5.58 Å². The number of oxazole rings is 1. The van der Waals surface area contributed by atoms with Crippen LogP contribution in [0.5, 0.6) is 0 Å². The van der Waals surface area contributed by atoms with Crippen LogP contribution in [0.4, 0.5) is 6.01 Å². The average molecular weight is 241 g/mol. The van der Waals surface area contributed by atoms with Crippen LogP contribution in [0.25, 0.3) is 11.1 Å². The van der Waals surface area contributed by atoms with E-state index in [0.717, 1.165) is 11.1 Å². The fraction of sp³-hybridized carbons (Fsp3) is 0.300. The van der Waals surface area contributed by atoms with E-state index in [2.05, 4.69) is 29.6 Å². The van der Waals surface area contributed by atoms with E-state index in [1.54, 1.807) is 12.1 Å². The zero-order valence-corrected chi connectivity index (χ0v) is 10.7. The number of benzene rings is 1. The molecular weight excluding hydrogens is 228 g/mol. The minimum absolute atomic E-state index is 0.589. The second-order valence-electron chi connectivity index (χ2n) is 4.51. The average Bonchev–Trinajstić information content (AvgIpc) is 2.42. The lowest BCUT2D eigenvalue weighted by Crippen LogP contribution is -2.32. The molecule has 80 valence electrons. The predicted octanol–water partition coefficient (Wildman–Crippen LogP) is 3.73. The van der Waals surface area contributed by atoms with E-state index in [1.807, 2.05) is 6.07 Å². The highest BCUT2D eigenvalue weighted by Crippen LogP contribution is 2.23. The van der Waals surface area contributed by atoms with Crippen LogP contribution in [0.1, 0.15) is 0 Å². The lowest BCUT2D eigenvalue weighted by molar-refractivity contribution is 0.624. The van der Waals surface area contributed by atoms with E-state index in [4.69, 9.17) is 16.0 Å². The molecule has 0 unspecified atom stereocenters. The topological polar surface area (TPSA) is 38.1 Å². The molecule has 0 fully saturated rings.